The standard InChI is InChI=1S/C12H19N3O5S/c1-2-20-12(17)10-7-13-14-11(10)21(18,19)15-6-4-3-5-9(15)8-16/h7,9,16H,2-6,8H2,1H3,(H,13,14). The van der Waals surface area contributed by atoms with Gasteiger partial charge in [-0.1, -0.05) is 6.42 Å². The maximum absolute atomic E-state index is 12.7. The molecule has 1 atom stereocenters. The van der Waals surface area contributed by atoms with E-state index in [-0.39, 0.29) is 23.8 Å². The number of hydrogen-bond acceptors (Lipinski definition) is 6. The van der Waals surface area contributed by atoms with Crippen LogP contribution in [0.25, 0.3) is 0 Å². The van der Waals surface area contributed by atoms with Crippen molar-refractivity contribution in [2.75, 3.05) is 19.8 Å². The van der Waals surface area contributed by atoms with E-state index in [2.05, 4.69) is 10.2 Å². The molecule has 0 saturated carbocycles. The lowest BCUT2D eigenvalue weighted by molar-refractivity contribution is 0.0521. The Balaban J connectivity index is 2.35. The highest BCUT2D eigenvalue weighted by Gasteiger charge is 2.37. The van der Waals surface area contributed by atoms with Crippen LogP contribution in [0.5, 0.6) is 0 Å². The zero-order valence-electron chi connectivity index (χ0n) is 11.8. The van der Waals surface area contributed by atoms with Gasteiger partial charge < -0.3 is 9.84 Å². The molecule has 9 heteroatoms. The maximum Gasteiger partial charge on any atom is 0.342 e. The van der Waals surface area contributed by atoms with Crippen molar-refractivity contribution in [3.63, 3.8) is 0 Å². The highest BCUT2D eigenvalue weighted by Crippen LogP contribution is 2.26. The molecule has 0 spiro atoms. The number of sulfonamides is 1. The number of rotatable bonds is 5. The molecule has 2 rings (SSSR count). The second-order valence-electron chi connectivity index (χ2n) is 4.78. The average molecular weight is 317 g/mol. The van der Waals surface area contributed by atoms with Crippen LogP contribution in [0.15, 0.2) is 11.2 Å². The van der Waals surface area contributed by atoms with Gasteiger partial charge in [0.25, 0.3) is 10.0 Å². The van der Waals surface area contributed by atoms with Crippen molar-refractivity contribution in [1.82, 2.24) is 14.5 Å². The Bertz CT molecular complexity index is 598. The van der Waals surface area contributed by atoms with Crippen molar-refractivity contribution in [2.45, 2.75) is 37.3 Å². The number of aromatic amines is 1. The Morgan fingerprint density at radius 2 is 2.33 bits per heavy atom. The predicted molar refractivity (Wildman–Crippen MR) is 73.2 cm³/mol. The summed E-state index contributed by atoms with van der Waals surface area (Å²) in [5.41, 5.74) is -0.112. The topological polar surface area (TPSA) is 113 Å². The van der Waals surface area contributed by atoms with E-state index in [9.17, 15) is 18.3 Å². The number of carbonyl (C=O) groups is 1. The number of hydrogen-bond donors (Lipinski definition) is 2. The molecule has 2 heterocycles. The largest absolute Gasteiger partial charge is 0.462 e. The number of ether oxygens (including phenoxy) is 1. The number of aromatic nitrogens is 2. The molecule has 1 saturated heterocycles. The van der Waals surface area contributed by atoms with Crippen LogP contribution >= 0.6 is 0 Å². The SMILES string of the molecule is CCOC(=O)c1cn[nH]c1S(=O)(=O)N1CCCCC1CO. The molecule has 118 valence electrons. The molecule has 1 unspecified atom stereocenters. The van der Waals surface area contributed by atoms with E-state index in [0.717, 1.165) is 19.0 Å². The van der Waals surface area contributed by atoms with Crippen molar-refractivity contribution < 1.29 is 23.1 Å². The molecule has 1 aromatic rings. The van der Waals surface area contributed by atoms with Crippen LogP contribution in [0, 0.1) is 0 Å². The number of nitrogens with one attached hydrogen (secondary N) is 1. The molecule has 0 aromatic carbocycles. The summed E-state index contributed by atoms with van der Waals surface area (Å²) in [7, 11) is -3.92. The summed E-state index contributed by atoms with van der Waals surface area (Å²) in [4.78, 5) is 11.8. The van der Waals surface area contributed by atoms with Crippen LogP contribution in [0.4, 0.5) is 0 Å². The summed E-state index contributed by atoms with van der Waals surface area (Å²) in [5, 5.41) is 15.1. The lowest BCUT2D eigenvalue weighted by Crippen LogP contribution is -2.46. The van der Waals surface area contributed by atoms with Gasteiger partial charge in [-0.25, -0.2) is 13.2 Å². The Labute approximate surface area is 123 Å². The maximum atomic E-state index is 12.7. The molecule has 21 heavy (non-hydrogen) atoms. The minimum absolute atomic E-state index is 0.112. The smallest absolute Gasteiger partial charge is 0.342 e. The third-order valence-corrected chi connectivity index (χ3v) is 5.38. The number of carbonyl (C=O) groups excluding carboxylic acids is 1. The van der Waals surface area contributed by atoms with Gasteiger partial charge in [0.2, 0.25) is 0 Å². The van der Waals surface area contributed by atoms with E-state index in [0.29, 0.717) is 13.0 Å². The molecule has 8 nitrogen and oxygen atoms in total. The van der Waals surface area contributed by atoms with Crippen LogP contribution in [0.3, 0.4) is 0 Å². The lowest BCUT2D eigenvalue weighted by Gasteiger charge is -2.33. The van der Waals surface area contributed by atoms with Crippen LogP contribution < -0.4 is 0 Å². The third kappa shape index (κ3) is 3.09. The van der Waals surface area contributed by atoms with Crippen LogP contribution in [-0.4, -0.2) is 59.8 Å². The van der Waals surface area contributed by atoms with Gasteiger partial charge in [0.15, 0.2) is 5.03 Å². The van der Waals surface area contributed by atoms with Crippen molar-refractivity contribution in [1.29, 1.82) is 0 Å². The summed E-state index contributed by atoms with van der Waals surface area (Å²) in [6, 6.07) is -0.470. The van der Waals surface area contributed by atoms with Crippen LogP contribution in [-0.2, 0) is 14.8 Å². The van der Waals surface area contributed by atoms with Crippen molar-refractivity contribution in [3.8, 4) is 0 Å². The Hall–Kier alpha value is -1.45. The molecule has 1 aromatic heterocycles. The number of H-pyrrole nitrogens is 1. The van der Waals surface area contributed by atoms with Gasteiger partial charge in [0, 0.05) is 12.6 Å². The zero-order valence-corrected chi connectivity index (χ0v) is 12.6. The van der Waals surface area contributed by atoms with E-state index < -0.39 is 22.0 Å². The highest BCUT2D eigenvalue weighted by molar-refractivity contribution is 7.89. The molecule has 0 aliphatic carbocycles. The molecule has 0 bridgehead atoms. The molecular weight excluding hydrogens is 298 g/mol. The number of aliphatic hydroxyl groups excluding tert-OH is 1. The van der Waals surface area contributed by atoms with Gasteiger partial charge in [-0.3, -0.25) is 5.10 Å². The zero-order chi connectivity index (χ0) is 15.5. The molecule has 1 aliphatic rings. The van der Waals surface area contributed by atoms with Crippen molar-refractivity contribution in [2.24, 2.45) is 0 Å². The molecular formula is C12H19N3O5S. The van der Waals surface area contributed by atoms with Crippen molar-refractivity contribution >= 4 is 16.0 Å². The first-order valence-electron chi connectivity index (χ1n) is 6.85. The Kier molecular flexibility index (Phi) is 4.96. The van der Waals surface area contributed by atoms with Gasteiger partial charge >= 0.3 is 5.97 Å². The summed E-state index contributed by atoms with van der Waals surface area (Å²) in [6.45, 7) is 1.85. The Morgan fingerprint density at radius 1 is 1.57 bits per heavy atom. The number of aliphatic hydroxyl groups is 1. The molecule has 1 aliphatic heterocycles. The monoisotopic (exact) mass is 317 g/mol. The first-order valence-corrected chi connectivity index (χ1v) is 8.29. The molecule has 0 amide bonds. The first kappa shape index (κ1) is 15.9. The second-order valence-corrected chi connectivity index (χ2v) is 6.61. The van der Waals surface area contributed by atoms with Gasteiger partial charge in [-0.05, 0) is 19.8 Å². The van der Waals surface area contributed by atoms with Gasteiger partial charge in [-0.2, -0.15) is 9.40 Å². The van der Waals surface area contributed by atoms with Gasteiger partial charge in [-0.15, -0.1) is 0 Å². The Morgan fingerprint density at radius 3 is 3.00 bits per heavy atom. The minimum Gasteiger partial charge on any atom is -0.462 e. The van der Waals surface area contributed by atoms with E-state index in [4.69, 9.17) is 4.74 Å². The highest BCUT2D eigenvalue weighted by atomic mass is 32.2. The predicted octanol–water partition coefficient (Wildman–Crippen LogP) is 0.122. The fourth-order valence-corrected chi connectivity index (χ4v) is 4.17. The van der Waals surface area contributed by atoms with E-state index in [1.54, 1.807) is 6.92 Å². The second kappa shape index (κ2) is 6.54. The number of piperidine rings is 1. The summed E-state index contributed by atoms with van der Waals surface area (Å²) >= 11 is 0. The average Bonchev–Trinajstić information content (AvgIpc) is 2.97. The van der Waals surface area contributed by atoms with E-state index in [1.165, 1.54) is 4.31 Å². The fraction of sp³-hybridized carbons (Fsp3) is 0.667. The summed E-state index contributed by atoms with van der Waals surface area (Å²) < 4.78 is 31.4. The molecule has 2 N–H and O–H groups in total. The quantitative estimate of drug-likeness (QED) is 0.746. The van der Waals surface area contributed by atoms with Crippen LogP contribution in [0.2, 0.25) is 0 Å². The van der Waals surface area contributed by atoms with E-state index >= 15 is 0 Å². The van der Waals surface area contributed by atoms with Gasteiger partial charge in [0.1, 0.15) is 5.56 Å². The van der Waals surface area contributed by atoms with E-state index in [1.807, 2.05) is 0 Å². The number of nitrogens with zero attached hydrogens (tertiary/aromatic N) is 2. The number of esters is 1. The molecule has 0 radical (unpaired) electrons. The fourth-order valence-electron chi connectivity index (χ4n) is 2.42. The van der Waals surface area contributed by atoms with Crippen LogP contribution in [0.1, 0.15) is 36.5 Å². The minimum atomic E-state index is -3.92. The third-order valence-electron chi connectivity index (χ3n) is 3.45. The first-order chi connectivity index (χ1) is 10.0. The summed E-state index contributed by atoms with van der Waals surface area (Å²) in [5.74, 6) is -0.734. The van der Waals surface area contributed by atoms with Gasteiger partial charge in [0.05, 0.1) is 19.4 Å². The lowest BCUT2D eigenvalue weighted by atomic mass is 10.1. The molecule has 1 fully saturated rings. The van der Waals surface area contributed by atoms with Crippen molar-refractivity contribution in [3.05, 3.63) is 11.8 Å². The summed E-state index contributed by atoms with van der Waals surface area (Å²) in [6.07, 6.45) is 3.32. The normalized spacial score (nSPS) is 20.4.